The molecule has 8 heteroatoms. The summed E-state index contributed by atoms with van der Waals surface area (Å²) in [4.78, 5) is 2.00. The average molecular weight is 349 g/mol. The first-order valence-corrected chi connectivity index (χ1v) is 5.79. The van der Waals surface area contributed by atoms with Crippen LogP contribution in [0.15, 0.2) is 24.3 Å². The van der Waals surface area contributed by atoms with E-state index < -0.39 is 0 Å². The van der Waals surface area contributed by atoms with E-state index in [1.807, 2.05) is 29.2 Å². The van der Waals surface area contributed by atoms with Crippen molar-refractivity contribution in [3.05, 3.63) is 24.3 Å². The molecule has 0 saturated carbocycles. The number of halogens is 3. The van der Waals surface area contributed by atoms with Crippen molar-refractivity contribution < 1.29 is 10.2 Å². The molecule has 0 aliphatic heterocycles. The second kappa shape index (κ2) is 15.0. The lowest BCUT2D eigenvalue weighted by molar-refractivity contribution is 0.165. The normalized spacial score (nSPS) is 9.15. The molecule has 20 heavy (non-hydrogen) atoms. The molecule has 0 saturated heterocycles. The Morgan fingerprint density at radius 2 is 1.40 bits per heavy atom. The van der Waals surface area contributed by atoms with Crippen molar-refractivity contribution in [2.75, 3.05) is 50.4 Å². The molecule has 0 atom stereocenters. The van der Waals surface area contributed by atoms with Gasteiger partial charge in [-0.1, -0.05) is 0 Å². The lowest BCUT2D eigenvalue weighted by Crippen LogP contribution is -2.34. The number of benzene rings is 1. The summed E-state index contributed by atoms with van der Waals surface area (Å²) in [6, 6.07) is 7.55. The molecule has 1 aromatic rings. The minimum atomic E-state index is 0. The van der Waals surface area contributed by atoms with Gasteiger partial charge in [-0.2, -0.15) is 0 Å². The Morgan fingerprint density at radius 1 is 0.900 bits per heavy atom. The Morgan fingerprint density at radius 3 is 1.85 bits per heavy atom. The van der Waals surface area contributed by atoms with Gasteiger partial charge < -0.3 is 21.3 Å². The summed E-state index contributed by atoms with van der Waals surface area (Å²) in [5.74, 6) is 0. The summed E-state index contributed by atoms with van der Waals surface area (Å²) in [5.41, 5.74) is 7.36. The quantitative estimate of drug-likeness (QED) is 0.531. The molecule has 120 valence electrons. The number of aliphatic hydroxyl groups excluding tert-OH is 2. The number of nitrogen functional groups attached to an aromatic ring is 1. The maximum absolute atomic E-state index is 8.85. The molecule has 1 rings (SSSR count). The smallest absolute Gasteiger partial charge is 0.0558 e. The van der Waals surface area contributed by atoms with Crippen LogP contribution < -0.4 is 11.1 Å². The number of hydrogen-bond acceptors (Lipinski definition) is 5. The van der Waals surface area contributed by atoms with Crippen LogP contribution in [-0.4, -0.2) is 54.5 Å². The molecule has 0 radical (unpaired) electrons. The molecule has 1 aromatic carbocycles. The molecule has 0 heterocycles. The fraction of sp³-hybridized carbons (Fsp3) is 0.500. The van der Waals surface area contributed by atoms with E-state index >= 15 is 0 Å². The van der Waals surface area contributed by atoms with Gasteiger partial charge in [0.2, 0.25) is 0 Å². The molecule has 0 amide bonds. The van der Waals surface area contributed by atoms with E-state index in [4.69, 9.17) is 15.9 Å². The van der Waals surface area contributed by atoms with Gasteiger partial charge in [0, 0.05) is 37.6 Å². The first-order valence-electron chi connectivity index (χ1n) is 5.79. The van der Waals surface area contributed by atoms with Gasteiger partial charge in [-0.25, -0.2) is 0 Å². The van der Waals surface area contributed by atoms with Crippen LogP contribution in [0.3, 0.4) is 0 Å². The molecule has 5 N–H and O–H groups in total. The van der Waals surface area contributed by atoms with Gasteiger partial charge in [-0.15, -0.1) is 37.2 Å². The van der Waals surface area contributed by atoms with Gasteiger partial charge in [0.15, 0.2) is 0 Å². The van der Waals surface area contributed by atoms with E-state index in [0.717, 1.165) is 24.5 Å². The molecule has 0 bridgehead atoms. The topological polar surface area (TPSA) is 81.8 Å². The summed E-state index contributed by atoms with van der Waals surface area (Å²) in [5, 5.41) is 21.0. The molecule has 0 unspecified atom stereocenters. The summed E-state index contributed by atoms with van der Waals surface area (Å²) < 4.78 is 0. The van der Waals surface area contributed by atoms with Crippen LogP contribution in [0.2, 0.25) is 0 Å². The minimum absolute atomic E-state index is 0. The van der Waals surface area contributed by atoms with Crippen LogP contribution >= 0.6 is 37.2 Å². The number of hydrogen-bond donors (Lipinski definition) is 4. The van der Waals surface area contributed by atoms with E-state index in [1.165, 1.54) is 0 Å². The van der Waals surface area contributed by atoms with E-state index in [1.54, 1.807) is 0 Å². The molecule has 0 aliphatic carbocycles. The maximum Gasteiger partial charge on any atom is 0.0558 e. The van der Waals surface area contributed by atoms with Crippen molar-refractivity contribution in [1.82, 2.24) is 4.90 Å². The van der Waals surface area contributed by atoms with Gasteiger partial charge in [0.1, 0.15) is 0 Å². The summed E-state index contributed by atoms with van der Waals surface area (Å²) in [6.07, 6.45) is 0. The van der Waals surface area contributed by atoms with Crippen molar-refractivity contribution in [3.8, 4) is 0 Å². The molecule has 0 fully saturated rings. The van der Waals surface area contributed by atoms with E-state index in [0.29, 0.717) is 13.1 Å². The monoisotopic (exact) mass is 347 g/mol. The number of anilines is 2. The summed E-state index contributed by atoms with van der Waals surface area (Å²) in [6.45, 7) is 2.95. The average Bonchev–Trinajstić information content (AvgIpc) is 2.32. The largest absolute Gasteiger partial charge is 0.399 e. The van der Waals surface area contributed by atoms with E-state index in [2.05, 4.69) is 5.32 Å². The SMILES string of the molecule is Cl.Cl.Cl.Nc1ccc(NCCN(CCO)CCO)cc1. The van der Waals surface area contributed by atoms with Crippen LogP contribution in [-0.2, 0) is 0 Å². The van der Waals surface area contributed by atoms with Crippen LogP contribution in [0.4, 0.5) is 11.4 Å². The zero-order valence-corrected chi connectivity index (χ0v) is 13.6. The van der Waals surface area contributed by atoms with Gasteiger partial charge in [-0.3, -0.25) is 4.90 Å². The first-order chi connectivity index (χ1) is 8.26. The predicted molar refractivity (Wildman–Crippen MR) is 91.7 cm³/mol. The minimum Gasteiger partial charge on any atom is -0.399 e. The van der Waals surface area contributed by atoms with Crippen LogP contribution in [0.1, 0.15) is 0 Å². The van der Waals surface area contributed by atoms with Crippen molar-refractivity contribution in [3.63, 3.8) is 0 Å². The van der Waals surface area contributed by atoms with Crippen LogP contribution in [0, 0.1) is 0 Å². The van der Waals surface area contributed by atoms with Crippen molar-refractivity contribution in [2.45, 2.75) is 0 Å². The molecule has 0 aromatic heterocycles. The number of nitrogens with one attached hydrogen (secondary N) is 1. The molecule has 0 aliphatic rings. The highest BCUT2D eigenvalue weighted by Gasteiger charge is 2.02. The Labute approximate surface area is 138 Å². The van der Waals surface area contributed by atoms with E-state index in [9.17, 15) is 0 Å². The third-order valence-corrected chi connectivity index (χ3v) is 2.50. The fourth-order valence-corrected chi connectivity index (χ4v) is 1.58. The molecule has 5 nitrogen and oxygen atoms in total. The lowest BCUT2D eigenvalue weighted by Gasteiger charge is -2.20. The Hall–Kier alpha value is -0.430. The zero-order valence-electron chi connectivity index (χ0n) is 11.2. The summed E-state index contributed by atoms with van der Waals surface area (Å²) in [7, 11) is 0. The predicted octanol–water partition coefficient (Wildman–Crippen LogP) is 1.23. The van der Waals surface area contributed by atoms with Crippen molar-refractivity contribution in [2.24, 2.45) is 0 Å². The highest BCUT2D eigenvalue weighted by molar-refractivity contribution is 5.86. The number of nitrogens with zero attached hydrogens (tertiary/aromatic N) is 1. The second-order valence-corrected chi connectivity index (χ2v) is 3.84. The van der Waals surface area contributed by atoms with E-state index in [-0.39, 0.29) is 50.4 Å². The van der Waals surface area contributed by atoms with Gasteiger partial charge in [-0.05, 0) is 24.3 Å². The zero-order chi connectivity index (χ0) is 12.5. The summed E-state index contributed by atoms with van der Waals surface area (Å²) >= 11 is 0. The highest BCUT2D eigenvalue weighted by atomic mass is 35.5. The fourth-order valence-electron chi connectivity index (χ4n) is 1.58. The Balaban J connectivity index is -0.000000963. The van der Waals surface area contributed by atoms with Crippen LogP contribution in [0.25, 0.3) is 0 Å². The second-order valence-electron chi connectivity index (χ2n) is 3.84. The molecular weight excluding hydrogens is 325 g/mol. The third kappa shape index (κ3) is 10.4. The van der Waals surface area contributed by atoms with Crippen molar-refractivity contribution >= 4 is 48.6 Å². The first kappa shape index (κ1) is 24.6. The standard InChI is InChI=1S/C12H21N3O2.3ClH/c13-11-1-3-12(4-2-11)14-5-6-15(7-9-16)8-10-17;;;/h1-4,14,16-17H,5-10,13H2;3*1H. The van der Waals surface area contributed by atoms with Gasteiger partial charge in [0.05, 0.1) is 13.2 Å². The Bertz CT molecular complexity index is 309. The lowest BCUT2D eigenvalue weighted by atomic mass is 10.3. The highest BCUT2D eigenvalue weighted by Crippen LogP contribution is 2.09. The van der Waals surface area contributed by atoms with Gasteiger partial charge in [0.25, 0.3) is 0 Å². The molecule has 0 spiro atoms. The molecular formula is C12H24Cl3N3O2. The maximum atomic E-state index is 8.85. The van der Waals surface area contributed by atoms with Crippen LogP contribution in [0.5, 0.6) is 0 Å². The third-order valence-electron chi connectivity index (χ3n) is 2.50. The van der Waals surface area contributed by atoms with Gasteiger partial charge >= 0.3 is 0 Å². The van der Waals surface area contributed by atoms with Crippen molar-refractivity contribution in [1.29, 1.82) is 0 Å². The number of rotatable bonds is 8. The number of nitrogens with two attached hydrogens (primary N) is 1. The number of aliphatic hydroxyl groups is 2. The Kier molecular flexibility index (Phi) is 18.4.